The second-order valence-corrected chi connectivity index (χ2v) is 3.53. The van der Waals surface area contributed by atoms with Crippen molar-refractivity contribution in [2.45, 2.75) is 6.61 Å². The molecule has 7 heteroatoms. The van der Waals surface area contributed by atoms with Crippen molar-refractivity contribution in [3.8, 4) is 11.3 Å². The van der Waals surface area contributed by atoms with Crippen LogP contribution in [0.25, 0.3) is 11.3 Å². The van der Waals surface area contributed by atoms with E-state index in [1.165, 1.54) is 0 Å². The average Bonchev–Trinajstić information content (AvgIpc) is 2.76. The number of rotatable bonds is 4. The number of nitrogen functional groups attached to an aromatic ring is 1. The number of hydrazine groups is 1. The number of aromatic nitrogens is 4. The lowest BCUT2D eigenvalue weighted by molar-refractivity contribution is 0.178. The van der Waals surface area contributed by atoms with Crippen molar-refractivity contribution >= 4 is 5.82 Å². The molecule has 0 spiro atoms. The highest BCUT2D eigenvalue weighted by Gasteiger charge is 2.07. The lowest BCUT2D eigenvalue weighted by atomic mass is 10.2. The molecule has 0 aromatic carbocycles. The number of hydrogen-bond acceptors (Lipinski definition) is 6. The van der Waals surface area contributed by atoms with E-state index in [1.54, 1.807) is 24.1 Å². The number of ether oxygens (including phenoxy) is 1. The molecule has 90 valence electrons. The van der Waals surface area contributed by atoms with Gasteiger partial charge in [-0.25, -0.2) is 15.8 Å². The summed E-state index contributed by atoms with van der Waals surface area (Å²) in [5.41, 5.74) is 4.17. The number of methoxy groups -OCH3 is 1. The fourth-order valence-electron chi connectivity index (χ4n) is 1.47. The Kier molecular flexibility index (Phi) is 3.31. The van der Waals surface area contributed by atoms with Crippen LogP contribution in [0.5, 0.6) is 0 Å². The summed E-state index contributed by atoms with van der Waals surface area (Å²) in [6.45, 7) is 0.336. The topological polar surface area (TPSA) is 90.9 Å². The summed E-state index contributed by atoms with van der Waals surface area (Å²) in [6.07, 6.45) is 3.61. The van der Waals surface area contributed by atoms with E-state index in [0.29, 0.717) is 18.2 Å². The SMILES string of the molecule is COCc1nc(NN)cc(-c2cnn(C)c2)n1. The minimum Gasteiger partial charge on any atom is -0.377 e. The number of aryl methyl sites for hydroxylation is 1. The number of nitrogens with one attached hydrogen (secondary N) is 1. The van der Waals surface area contributed by atoms with E-state index < -0.39 is 0 Å². The Hall–Kier alpha value is -1.99. The molecule has 3 N–H and O–H groups in total. The summed E-state index contributed by atoms with van der Waals surface area (Å²) >= 11 is 0. The molecule has 0 bridgehead atoms. The normalized spacial score (nSPS) is 10.5. The molecule has 2 heterocycles. The summed E-state index contributed by atoms with van der Waals surface area (Å²) in [5.74, 6) is 6.48. The van der Waals surface area contributed by atoms with Crippen LogP contribution in [0.3, 0.4) is 0 Å². The van der Waals surface area contributed by atoms with Gasteiger partial charge in [-0.15, -0.1) is 0 Å². The first kappa shape index (κ1) is 11.5. The van der Waals surface area contributed by atoms with Gasteiger partial charge < -0.3 is 10.2 Å². The van der Waals surface area contributed by atoms with Crippen LogP contribution in [0, 0.1) is 0 Å². The van der Waals surface area contributed by atoms with Crippen molar-refractivity contribution < 1.29 is 4.74 Å². The number of nitrogens with zero attached hydrogens (tertiary/aromatic N) is 4. The van der Waals surface area contributed by atoms with Gasteiger partial charge in [-0.3, -0.25) is 4.68 Å². The summed E-state index contributed by atoms with van der Waals surface area (Å²) in [4.78, 5) is 8.54. The van der Waals surface area contributed by atoms with E-state index >= 15 is 0 Å². The van der Waals surface area contributed by atoms with Gasteiger partial charge in [-0.1, -0.05) is 0 Å². The van der Waals surface area contributed by atoms with Gasteiger partial charge in [0.2, 0.25) is 0 Å². The van der Waals surface area contributed by atoms with Crippen molar-refractivity contribution in [2.75, 3.05) is 12.5 Å². The molecule has 7 nitrogen and oxygen atoms in total. The van der Waals surface area contributed by atoms with E-state index in [0.717, 1.165) is 11.3 Å². The van der Waals surface area contributed by atoms with Crippen molar-refractivity contribution in [2.24, 2.45) is 12.9 Å². The Morgan fingerprint density at radius 2 is 2.29 bits per heavy atom. The van der Waals surface area contributed by atoms with E-state index in [9.17, 15) is 0 Å². The highest BCUT2D eigenvalue weighted by atomic mass is 16.5. The Bertz CT molecular complexity index is 509. The molecule has 2 aromatic rings. The van der Waals surface area contributed by atoms with Crippen molar-refractivity contribution in [3.05, 3.63) is 24.3 Å². The van der Waals surface area contributed by atoms with Gasteiger partial charge in [0, 0.05) is 32.0 Å². The predicted molar refractivity (Wildman–Crippen MR) is 62.8 cm³/mol. The van der Waals surface area contributed by atoms with Crippen LogP contribution >= 0.6 is 0 Å². The van der Waals surface area contributed by atoms with E-state index in [4.69, 9.17) is 10.6 Å². The highest BCUT2D eigenvalue weighted by molar-refractivity contribution is 5.60. The van der Waals surface area contributed by atoms with E-state index in [2.05, 4.69) is 20.5 Å². The van der Waals surface area contributed by atoms with Crippen molar-refractivity contribution in [1.82, 2.24) is 19.7 Å². The Labute approximate surface area is 98.6 Å². The zero-order valence-corrected chi connectivity index (χ0v) is 9.71. The molecule has 0 aliphatic carbocycles. The van der Waals surface area contributed by atoms with Gasteiger partial charge in [0.1, 0.15) is 12.4 Å². The molecule has 0 amide bonds. The van der Waals surface area contributed by atoms with Gasteiger partial charge in [0.05, 0.1) is 11.9 Å². The van der Waals surface area contributed by atoms with Gasteiger partial charge >= 0.3 is 0 Å². The van der Waals surface area contributed by atoms with Crippen molar-refractivity contribution in [3.63, 3.8) is 0 Å². The van der Waals surface area contributed by atoms with Crippen LogP contribution in [0.2, 0.25) is 0 Å². The molecule has 0 radical (unpaired) electrons. The fraction of sp³-hybridized carbons (Fsp3) is 0.300. The van der Waals surface area contributed by atoms with E-state index in [1.807, 2.05) is 13.2 Å². The van der Waals surface area contributed by atoms with Gasteiger partial charge in [-0.05, 0) is 0 Å². The average molecular weight is 234 g/mol. The molecule has 2 rings (SSSR count). The Morgan fingerprint density at radius 3 is 2.88 bits per heavy atom. The molecule has 17 heavy (non-hydrogen) atoms. The second-order valence-electron chi connectivity index (χ2n) is 3.53. The van der Waals surface area contributed by atoms with Crippen LogP contribution in [0.15, 0.2) is 18.5 Å². The summed E-state index contributed by atoms with van der Waals surface area (Å²) in [5, 5.41) is 4.10. The van der Waals surface area contributed by atoms with Crippen LogP contribution < -0.4 is 11.3 Å². The summed E-state index contributed by atoms with van der Waals surface area (Å²) in [6, 6.07) is 1.76. The molecular formula is C10H14N6O. The first-order chi connectivity index (χ1) is 8.22. The summed E-state index contributed by atoms with van der Waals surface area (Å²) < 4.78 is 6.72. The third kappa shape index (κ3) is 2.58. The standard InChI is InChI=1S/C10H14N6O/c1-16-5-7(4-12-16)8-3-9(15-11)14-10(13-8)6-17-2/h3-5H,6,11H2,1-2H3,(H,13,14,15). The number of hydrogen-bond donors (Lipinski definition) is 2. The minimum absolute atomic E-state index is 0.336. The monoisotopic (exact) mass is 234 g/mol. The van der Waals surface area contributed by atoms with Gasteiger partial charge in [0.25, 0.3) is 0 Å². The van der Waals surface area contributed by atoms with Gasteiger partial charge in [-0.2, -0.15) is 5.10 Å². The first-order valence-electron chi connectivity index (χ1n) is 5.05. The molecule has 0 unspecified atom stereocenters. The predicted octanol–water partition coefficient (Wildman–Crippen LogP) is 0.309. The molecular weight excluding hydrogens is 220 g/mol. The van der Waals surface area contributed by atoms with Crippen LogP contribution in [-0.4, -0.2) is 26.9 Å². The zero-order valence-electron chi connectivity index (χ0n) is 9.71. The molecule has 0 fully saturated rings. The third-order valence-electron chi connectivity index (χ3n) is 2.19. The third-order valence-corrected chi connectivity index (χ3v) is 2.19. The molecule has 0 aliphatic heterocycles. The lowest BCUT2D eigenvalue weighted by Gasteiger charge is -2.05. The largest absolute Gasteiger partial charge is 0.377 e. The quantitative estimate of drug-likeness (QED) is 0.584. The summed E-state index contributed by atoms with van der Waals surface area (Å²) in [7, 11) is 3.44. The maximum absolute atomic E-state index is 5.37. The highest BCUT2D eigenvalue weighted by Crippen LogP contribution is 2.18. The molecule has 0 aliphatic rings. The maximum atomic E-state index is 5.37. The molecule has 0 saturated carbocycles. The smallest absolute Gasteiger partial charge is 0.157 e. The first-order valence-corrected chi connectivity index (χ1v) is 5.05. The Balaban J connectivity index is 2.42. The van der Waals surface area contributed by atoms with E-state index in [-0.39, 0.29) is 0 Å². The molecule has 0 saturated heterocycles. The Morgan fingerprint density at radius 1 is 1.47 bits per heavy atom. The maximum Gasteiger partial charge on any atom is 0.157 e. The fourth-order valence-corrected chi connectivity index (χ4v) is 1.47. The molecule has 0 atom stereocenters. The van der Waals surface area contributed by atoms with Crippen LogP contribution in [0.1, 0.15) is 5.82 Å². The van der Waals surface area contributed by atoms with Gasteiger partial charge in [0.15, 0.2) is 5.82 Å². The van der Waals surface area contributed by atoms with Crippen LogP contribution in [0.4, 0.5) is 5.82 Å². The minimum atomic E-state index is 0.336. The molecule has 2 aromatic heterocycles. The van der Waals surface area contributed by atoms with Crippen molar-refractivity contribution in [1.29, 1.82) is 0 Å². The lowest BCUT2D eigenvalue weighted by Crippen LogP contribution is -2.11. The second kappa shape index (κ2) is 4.89. The van der Waals surface area contributed by atoms with Crippen LogP contribution in [-0.2, 0) is 18.4 Å². The number of nitrogens with two attached hydrogens (primary N) is 1. The zero-order chi connectivity index (χ0) is 12.3. The number of anilines is 1.